The summed E-state index contributed by atoms with van der Waals surface area (Å²) in [5.41, 5.74) is 7.44. The van der Waals surface area contributed by atoms with Crippen molar-refractivity contribution in [3.8, 4) is 6.19 Å². The quantitative estimate of drug-likeness (QED) is 0.354. The molecule has 18 heavy (non-hydrogen) atoms. The standard InChI is InChI=1S/C11H14N4O2S/c1-7-4-8(2)10(9(3)5-7)18(16,17)15-11(13)14-6-12/h4-5H,1-3H3,(H3,13,14,15). The molecule has 6 nitrogen and oxygen atoms in total. The fourth-order valence-electron chi connectivity index (χ4n) is 1.83. The Morgan fingerprint density at radius 3 is 2.28 bits per heavy atom. The first-order valence-corrected chi connectivity index (χ1v) is 6.55. The van der Waals surface area contributed by atoms with Gasteiger partial charge in [0.2, 0.25) is 5.96 Å². The highest BCUT2D eigenvalue weighted by Crippen LogP contribution is 2.23. The van der Waals surface area contributed by atoms with E-state index in [2.05, 4.69) is 4.40 Å². The third-order valence-corrected chi connectivity index (χ3v) is 3.86. The van der Waals surface area contributed by atoms with Crippen molar-refractivity contribution in [1.29, 1.82) is 5.26 Å². The van der Waals surface area contributed by atoms with Crippen LogP contribution >= 0.6 is 0 Å². The maximum Gasteiger partial charge on any atom is 0.286 e. The molecule has 1 aromatic carbocycles. The third kappa shape index (κ3) is 2.99. The highest BCUT2D eigenvalue weighted by molar-refractivity contribution is 7.90. The van der Waals surface area contributed by atoms with Crippen LogP contribution in [-0.2, 0) is 10.0 Å². The van der Waals surface area contributed by atoms with E-state index in [1.807, 2.05) is 12.2 Å². The Hall–Kier alpha value is -2.07. The number of hydrogen-bond donors (Lipinski definition) is 2. The van der Waals surface area contributed by atoms with Crippen LogP contribution < -0.4 is 11.1 Å². The summed E-state index contributed by atoms with van der Waals surface area (Å²) < 4.78 is 27.5. The van der Waals surface area contributed by atoms with Gasteiger partial charge >= 0.3 is 0 Å². The predicted octanol–water partition coefficient (Wildman–Crippen LogP) is 0.686. The second-order valence-electron chi connectivity index (χ2n) is 3.92. The number of sulfonamides is 1. The van der Waals surface area contributed by atoms with Crippen LogP contribution in [0.15, 0.2) is 21.4 Å². The molecule has 1 rings (SSSR count). The van der Waals surface area contributed by atoms with Crippen molar-refractivity contribution in [1.82, 2.24) is 5.32 Å². The number of benzene rings is 1. The fourth-order valence-corrected chi connectivity index (χ4v) is 3.16. The Balaban J connectivity index is 3.40. The number of aryl methyl sites for hydroxylation is 3. The van der Waals surface area contributed by atoms with Gasteiger partial charge in [0, 0.05) is 0 Å². The molecule has 96 valence electrons. The molecule has 0 aliphatic heterocycles. The summed E-state index contributed by atoms with van der Waals surface area (Å²) >= 11 is 0. The van der Waals surface area contributed by atoms with E-state index in [0.717, 1.165) is 5.56 Å². The lowest BCUT2D eigenvalue weighted by Gasteiger charge is -2.09. The Bertz CT molecular complexity index is 618. The van der Waals surface area contributed by atoms with Crippen LogP contribution in [0.5, 0.6) is 0 Å². The van der Waals surface area contributed by atoms with Gasteiger partial charge < -0.3 is 5.73 Å². The van der Waals surface area contributed by atoms with E-state index in [4.69, 9.17) is 11.0 Å². The van der Waals surface area contributed by atoms with Gasteiger partial charge in [0.15, 0.2) is 6.19 Å². The summed E-state index contributed by atoms with van der Waals surface area (Å²) in [6, 6.07) is 3.51. The first-order chi connectivity index (χ1) is 8.27. The van der Waals surface area contributed by atoms with E-state index >= 15 is 0 Å². The van der Waals surface area contributed by atoms with Gasteiger partial charge in [0.25, 0.3) is 10.0 Å². The molecular formula is C11H14N4O2S. The number of nitriles is 1. The van der Waals surface area contributed by atoms with Crippen molar-refractivity contribution < 1.29 is 8.42 Å². The predicted molar refractivity (Wildman–Crippen MR) is 68.2 cm³/mol. The van der Waals surface area contributed by atoms with Crippen LogP contribution in [0.4, 0.5) is 0 Å². The third-order valence-electron chi connectivity index (χ3n) is 2.27. The molecule has 0 amide bonds. The molecule has 0 aliphatic rings. The average molecular weight is 266 g/mol. The van der Waals surface area contributed by atoms with Gasteiger partial charge in [0.1, 0.15) is 0 Å². The van der Waals surface area contributed by atoms with Gasteiger partial charge in [-0.3, -0.25) is 5.32 Å². The van der Waals surface area contributed by atoms with Gasteiger partial charge in [-0.2, -0.15) is 13.7 Å². The van der Waals surface area contributed by atoms with E-state index in [9.17, 15) is 8.42 Å². The Morgan fingerprint density at radius 1 is 1.33 bits per heavy atom. The van der Waals surface area contributed by atoms with Crippen LogP contribution in [0.1, 0.15) is 16.7 Å². The second-order valence-corrected chi connectivity index (χ2v) is 5.46. The van der Waals surface area contributed by atoms with Crippen molar-refractivity contribution in [2.24, 2.45) is 10.1 Å². The minimum atomic E-state index is -3.91. The SMILES string of the molecule is Cc1cc(C)c(S(=O)(=O)/N=C(\N)NC#N)c(C)c1. The van der Waals surface area contributed by atoms with E-state index < -0.39 is 16.0 Å². The smallest absolute Gasteiger partial charge is 0.286 e. The molecule has 1 aromatic rings. The van der Waals surface area contributed by atoms with Crippen molar-refractivity contribution >= 4 is 16.0 Å². The average Bonchev–Trinajstić information content (AvgIpc) is 2.13. The molecule has 0 radical (unpaired) electrons. The fraction of sp³-hybridized carbons (Fsp3) is 0.273. The van der Waals surface area contributed by atoms with Crippen LogP contribution in [0.3, 0.4) is 0 Å². The number of rotatable bonds is 2. The molecule has 0 heterocycles. The van der Waals surface area contributed by atoms with Gasteiger partial charge in [0.05, 0.1) is 4.90 Å². The summed E-state index contributed by atoms with van der Waals surface area (Å²) in [5.74, 6) is -0.447. The Kier molecular flexibility index (Phi) is 3.93. The molecular weight excluding hydrogens is 252 g/mol. The summed E-state index contributed by atoms with van der Waals surface area (Å²) in [6.07, 6.45) is 1.51. The van der Waals surface area contributed by atoms with E-state index in [-0.39, 0.29) is 4.90 Å². The summed E-state index contributed by atoms with van der Waals surface area (Å²) in [5, 5.41) is 10.3. The van der Waals surface area contributed by atoms with Gasteiger partial charge in [-0.15, -0.1) is 4.40 Å². The Labute approximate surface area is 106 Å². The molecule has 0 saturated carbocycles. The molecule has 0 fully saturated rings. The van der Waals surface area contributed by atoms with E-state index in [1.54, 1.807) is 26.0 Å². The molecule has 0 unspecified atom stereocenters. The van der Waals surface area contributed by atoms with Crippen molar-refractivity contribution in [2.45, 2.75) is 25.7 Å². The van der Waals surface area contributed by atoms with Crippen LogP contribution in [0, 0.1) is 32.2 Å². The second kappa shape index (κ2) is 5.06. The van der Waals surface area contributed by atoms with Crippen molar-refractivity contribution in [3.05, 3.63) is 28.8 Å². The van der Waals surface area contributed by atoms with E-state index in [1.165, 1.54) is 6.19 Å². The molecule has 0 atom stereocenters. The van der Waals surface area contributed by atoms with Crippen molar-refractivity contribution in [2.75, 3.05) is 0 Å². The summed E-state index contributed by atoms with van der Waals surface area (Å²) in [6.45, 7) is 5.26. The van der Waals surface area contributed by atoms with E-state index in [0.29, 0.717) is 11.1 Å². The topological polar surface area (TPSA) is 108 Å². The largest absolute Gasteiger partial charge is 0.368 e. The minimum absolute atomic E-state index is 0.121. The number of nitrogens with zero attached hydrogens (tertiary/aromatic N) is 2. The molecule has 0 spiro atoms. The van der Waals surface area contributed by atoms with Crippen molar-refractivity contribution in [3.63, 3.8) is 0 Å². The lowest BCUT2D eigenvalue weighted by Crippen LogP contribution is -2.28. The number of nitrogens with two attached hydrogens (primary N) is 1. The zero-order valence-electron chi connectivity index (χ0n) is 10.4. The highest BCUT2D eigenvalue weighted by Gasteiger charge is 2.19. The highest BCUT2D eigenvalue weighted by atomic mass is 32.2. The zero-order valence-corrected chi connectivity index (χ0v) is 11.2. The van der Waals surface area contributed by atoms with Gasteiger partial charge in [-0.25, -0.2) is 0 Å². The first-order valence-electron chi connectivity index (χ1n) is 5.11. The van der Waals surface area contributed by atoms with Gasteiger partial charge in [-0.1, -0.05) is 17.7 Å². The molecule has 7 heteroatoms. The Morgan fingerprint density at radius 2 is 1.83 bits per heavy atom. The summed E-state index contributed by atoms with van der Waals surface area (Å²) in [4.78, 5) is 0.121. The number of nitrogens with one attached hydrogen (secondary N) is 1. The number of guanidine groups is 1. The monoisotopic (exact) mass is 266 g/mol. The normalized spacial score (nSPS) is 12.0. The maximum atomic E-state index is 12.1. The first kappa shape index (κ1) is 14.0. The molecule has 3 N–H and O–H groups in total. The van der Waals surface area contributed by atoms with Gasteiger partial charge in [-0.05, 0) is 31.9 Å². The minimum Gasteiger partial charge on any atom is -0.368 e. The zero-order chi connectivity index (χ0) is 13.9. The van der Waals surface area contributed by atoms with Crippen LogP contribution in [0.2, 0.25) is 0 Å². The molecule has 0 bridgehead atoms. The summed E-state index contributed by atoms with van der Waals surface area (Å²) in [7, 11) is -3.91. The maximum absolute atomic E-state index is 12.1. The lowest BCUT2D eigenvalue weighted by atomic mass is 10.1. The molecule has 0 aromatic heterocycles. The van der Waals surface area contributed by atoms with Crippen LogP contribution in [0.25, 0.3) is 0 Å². The molecule has 0 saturated heterocycles. The van der Waals surface area contributed by atoms with Crippen LogP contribution in [-0.4, -0.2) is 14.4 Å². The molecule has 0 aliphatic carbocycles. The lowest BCUT2D eigenvalue weighted by molar-refractivity contribution is 0.596. The number of hydrogen-bond acceptors (Lipinski definition) is 3.